The van der Waals surface area contributed by atoms with Crippen LogP contribution in [0.4, 0.5) is 0 Å². The third-order valence-corrected chi connectivity index (χ3v) is 1.59. The van der Waals surface area contributed by atoms with Crippen molar-refractivity contribution in [1.82, 2.24) is 0 Å². The molecule has 4 heteroatoms. The number of hydrogen-bond acceptors (Lipinski definition) is 2. The van der Waals surface area contributed by atoms with E-state index in [2.05, 4.69) is 0 Å². The van der Waals surface area contributed by atoms with E-state index in [1.807, 2.05) is 13.8 Å². The van der Waals surface area contributed by atoms with Gasteiger partial charge in [0, 0.05) is 35.6 Å². The Balaban J connectivity index is 0. The first kappa shape index (κ1) is 12.0. The third-order valence-electron chi connectivity index (χ3n) is 0.531. The molecule has 1 unspecified atom stereocenters. The van der Waals surface area contributed by atoms with Gasteiger partial charge >= 0.3 is 8.03 Å². The molecule has 0 aromatic rings. The fraction of sp³-hybridized carbons (Fsp3) is 1.00. The van der Waals surface area contributed by atoms with Gasteiger partial charge in [-0.3, -0.25) is 0 Å². The topological polar surface area (TPSA) is 26.3 Å². The predicted octanol–water partition coefficient (Wildman–Crippen LogP) is 1.79. The molecule has 0 aromatic carbocycles. The van der Waals surface area contributed by atoms with E-state index in [9.17, 15) is 4.57 Å². The summed E-state index contributed by atoms with van der Waals surface area (Å²) in [5.74, 6) is 0. The Labute approximate surface area is 78.8 Å². The molecule has 0 bridgehead atoms. The largest absolute Gasteiger partial charge is 0.507 e. The Morgan fingerprint density at radius 3 is 2.12 bits per heavy atom. The van der Waals surface area contributed by atoms with E-state index < -0.39 is 8.03 Å². The zero-order valence-corrected chi connectivity index (χ0v) is 9.78. The second kappa shape index (κ2) is 8.25. The first-order valence-electron chi connectivity index (χ1n) is 2.38. The molecule has 2 nitrogen and oxygen atoms in total. The maximum atomic E-state index is 10.3. The van der Waals surface area contributed by atoms with Crippen molar-refractivity contribution in [3.8, 4) is 0 Å². The van der Waals surface area contributed by atoms with E-state index in [-0.39, 0.29) is 35.6 Å². The Morgan fingerprint density at radius 1 is 1.50 bits per heavy atom. The minimum Gasteiger partial charge on any atom is -0.147 e. The zero-order chi connectivity index (χ0) is 5.70. The molecular weight excluding hydrogens is 250 g/mol. The molecule has 0 aliphatic rings. The van der Waals surface area contributed by atoms with Crippen molar-refractivity contribution in [2.24, 2.45) is 0 Å². The molecule has 8 heavy (non-hydrogen) atoms. The second-order valence-corrected chi connectivity index (χ2v) is 2.62. The van der Waals surface area contributed by atoms with Crippen molar-refractivity contribution >= 4 is 8.03 Å². The van der Waals surface area contributed by atoms with Gasteiger partial charge in [0.1, 0.15) is 0 Å². The summed E-state index contributed by atoms with van der Waals surface area (Å²) in [6.45, 7) is 4.24. The van der Waals surface area contributed by atoms with Gasteiger partial charge in [-0.2, -0.15) is 0 Å². The van der Waals surface area contributed by atoms with Gasteiger partial charge in [0.2, 0.25) is 0 Å². The maximum Gasteiger partial charge on any atom is 0.507 e. The predicted molar refractivity (Wildman–Crippen MR) is 29.8 cm³/mol. The molecule has 0 aliphatic heterocycles. The standard InChI is InChI=1S/C4H10O2P.La/c1-3-6-7(5)4-2;/h3-4H2,1-2H3;/q+1;. The SMILES string of the molecule is CCO[P+](=O)CC.[La]. The van der Waals surface area contributed by atoms with Gasteiger partial charge in [-0.15, -0.1) is 4.52 Å². The van der Waals surface area contributed by atoms with Gasteiger partial charge in [-0.25, -0.2) is 0 Å². The molecule has 0 fully saturated rings. The van der Waals surface area contributed by atoms with E-state index in [0.717, 1.165) is 0 Å². The first-order valence-corrected chi connectivity index (χ1v) is 3.75. The van der Waals surface area contributed by atoms with Crippen LogP contribution < -0.4 is 0 Å². The van der Waals surface area contributed by atoms with Gasteiger partial charge in [0.05, 0.1) is 6.61 Å². The summed E-state index contributed by atoms with van der Waals surface area (Å²) in [7, 11) is -1.33. The Bertz CT molecular complexity index is 67.1. The van der Waals surface area contributed by atoms with Crippen LogP contribution >= 0.6 is 8.03 Å². The molecule has 0 spiro atoms. The molecule has 0 aliphatic carbocycles. The fourth-order valence-corrected chi connectivity index (χ4v) is 0.706. The molecule has 0 rings (SSSR count). The van der Waals surface area contributed by atoms with Crippen molar-refractivity contribution in [2.45, 2.75) is 13.8 Å². The Morgan fingerprint density at radius 2 is 2.00 bits per heavy atom. The minimum absolute atomic E-state index is 0. The average molecular weight is 260 g/mol. The molecule has 1 radical (unpaired) electrons. The minimum atomic E-state index is -1.33. The molecule has 0 saturated carbocycles. The summed E-state index contributed by atoms with van der Waals surface area (Å²) >= 11 is 0. The average Bonchev–Trinajstić information content (AvgIpc) is 1.68. The summed E-state index contributed by atoms with van der Waals surface area (Å²) < 4.78 is 15.0. The van der Waals surface area contributed by atoms with Crippen molar-refractivity contribution in [2.75, 3.05) is 12.8 Å². The van der Waals surface area contributed by atoms with Gasteiger partial charge in [0.15, 0.2) is 6.16 Å². The normalized spacial score (nSPS) is 10.0. The molecule has 0 aromatic heterocycles. The van der Waals surface area contributed by atoms with Crippen LogP contribution in [0.15, 0.2) is 0 Å². The van der Waals surface area contributed by atoms with Crippen LogP contribution in [0.2, 0.25) is 0 Å². The van der Waals surface area contributed by atoms with E-state index in [4.69, 9.17) is 4.52 Å². The van der Waals surface area contributed by atoms with E-state index in [1.165, 1.54) is 0 Å². The Kier molecular flexibility index (Phi) is 12.4. The first-order chi connectivity index (χ1) is 3.31. The summed E-state index contributed by atoms with van der Waals surface area (Å²) in [6.07, 6.45) is 0.628. The quantitative estimate of drug-likeness (QED) is 0.723. The molecule has 0 heterocycles. The second-order valence-electron chi connectivity index (χ2n) is 1.07. The zero-order valence-electron chi connectivity index (χ0n) is 5.26. The van der Waals surface area contributed by atoms with E-state index in [0.29, 0.717) is 12.8 Å². The van der Waals surface area contributed by atoms with E-state index in [1.54, 1.807) is 0 Å². The van der Waals surface area contributed by atoms with Gasteiger partial charge in [-0.1, -0.05) is 0 Å². The summed E-state index contributed by atoms with van der Waals surface area (Å²) in [4.78, 5) is 0. The van der Waals surface area contributed by atoms with Crippen LogP contribution in [0.25, 0.3) is 0 Å². The van der Waals surface area contributed by atoms with Crippen LogP contribution in [0.1, 0.15) is 13.8 Å². The van der Waals surface area contributed by atoms with Crippen molar-refractivity contribution in [3.63, 3.8) is 0 Å². The van der Waals surface area contributed by atoms with Crippen LogP contribution in [0, 0.1) is 35.6 Å². The smallest absolute Gasteiger partial charge is 0.147 e. The van der Waals surface area contributed by atoms with Crippen molar-refractivity contribution in [1.29, 1.82) is 0 Å². The van der Waals surface area contributed by atoms with Crippen molar-refractivity contribution < 1.29 is 44.7 Å². The summed E-state index contributed by atoms with van der Waals surface area (Å²) in [5, 5.41) is 0. The van der Waals surface area contributed by atoms with Crippen LogP contribution in [-0.2, 0) is 9.09 Å². The van der Waals surface area contributed by atoms with Gasteiger partial charge < -0.3 is 0 Å². The van der Waals surface area contributed by atoms with Crippen LogP contribution in [0.5, 0.6) is 0 Å². The fourth-order valence-electron chi connectivity index (χ4n) is 0.235. The molecule has 45 valence electrons. The molecule has 0 N–H and O–H groups in total. The third kappa shape index (κ3) is 7.25. The molecule has 0 saturated heterocycles. The molecular formula is C4H10LaO2P+. The molecule has 0 amide bonds. The molecule has 1 atom stereocenters. The number of rotatable bonds is 3. The van der Waals surface area contributed by atoms with Gasteiger partial charge in [-0.05, 0) is 18.4 Å². The summed E-state index contributed by atoms with van der Waals surface area (Å²) in [6, 6.07) is 0. The van der Waals surface area contributed by atoms with Crippen molar-refractivity contribution in [3.05, 3.63) is 0 Å². The summed E-state index contributed by atoms with van der Waals surface area (Å²) in [5.41, 5.74) is 0. The number of hydrogen-bond donors (Lipinski definition) is 0. The van der Waals surface area contributed by atoms with E-state index >= 15 is 0 Å². The maximum absolute atomic E-state index is 10.3. The van der Waals surface area contributed by atoms with Crippen LogP contribution in [0.3, 0.4) is 0 Å². The van der Waals surface area contributed by atoms with Crippen LogP contribution in [-0.4, -0.2) is 12.8 Å². The monoisotopic (exact) mass is 260 g/mol. The Hall–Kier alpha value is 1.25. The van der Waals surface area contributed by atoms with Gasteiger partial charge in [0.25, 0.3) is 0 Å².